The van der Waals surface area contributed by atoms with Crippen molar-refractivity contribution in [1.29, 1.82) is 0 Å². The number of fused-ring (bicyclic) bond motifs is 1. The lowest BCUT2D eigenvalue weighted by Crippen LogP contribution is -2.31. The van der Waals surface area contributed by atoms with Gasteiger partial charge in [0.25, 0.3) is 0 Å². The molecule has 0 spiro atoms. The van der Waals surface area contributed by atoms with Crippen LogP contribution >= 0.6 is 14.5 Å². The molecule has 0 N–H and O–H groups in total. The molecule has 0 aliphatic heterocycles. The number of benzene rings is 7. The largest absolute Gasteiger partial charge is 0.239 e. The molecule has 0 bridgehead atoms. The van der Waals surface area contributed by atoms with Crippen LogP contribution < -0.4 is 31.8 Å². The minimum atomic E-state index is -2.53. The molecular weight excluding hydrogens is 642 g/mol. The first kappa shape index (κ1) is 31.7. The van der Waals surface area contributed by atoms with Gasteiger partial charge in [-0.2, -0.15) is 0 Å². The second-order valence-corrected chi connectivity index (χ2v) is 18.2. The van der Waals surface area contributed by atoms with E-state index in [1.165, 1.54) is 31.8 Å². The van der Waals surface area contributed by atoms with Crippen LogP contribution in [0.25, 0.3) is 6.08 Å². The first-order valence-electron chi connectivity index (χ1n) is 16.9. The van der Waals surface area contributed by atoms with Crippen LogP contribution in [0.4, 0.5) is 5.69 Å². The summed E-state index contributed by atoms with van der Waals surface area (Å²) in [6.45, 7) is 0. The molecule has 0 atom stereocenters. The zero-order valence-electron chi connectivity index (χ0n) is 27.6. The molecule has 238 valence electrons. The number of nitrogens with zero attached hydrogens (tertiary/aromatic N) is 2. The van der Waals surface area contributed by atoms with Crippen LogP contribution in [0.1, 0.15) is 11.1 Å². The first-order chi connectivity index (χ1) is 24.8. The lowest BCUT2D eigenvalue weighted by Gasteiger charge is -2.27. The highest BCUT2D eigenvalue weighted by molar-refractivity contribution is 7.94. The summed E-state index contributed by atoms with van der Waals surface area (Å²) >= 11 is 0. The molecule has 0 aromatic heterocycles. The van der Waals surface area contributed by atoms with E-state index < -0.39 is 14.5 Å². The van der Waals surface area contributed by atoms with Gasteiger partial charge in [-0.1, -0.05) is 156 Å². The van der Waals surface area contributed by atoms with Crippen LogP contribution in [0, 0.1) is 6.42 Å². The molecule has 0 saturated heterocycles. The van der Waals surface area contributed by atoms with E-state index in [0.717, 1.165) is 22.5 Å². The van der Waals surface area contributed by atoms with Crippen molar-refractivity contribution < 1.29 is 0 Å². The number of rotatable bonds is 8. The Hall–Kier alpha value is -5.52. The monoisotopic (exact) mass is 678 g/mol. The Morgan fingerprint density at radius 1 is 0.420 bits per heavy atom. The Morgan fingerprint density at radius 2 is 0.820 bits per heavy atom. The minimum absolute atomic E-state index is 0.944. The lowest BCUT2D eigenvalue weighted by molar-refractivity contribution is 1.47. The Balaban J connectivity index is 1.47. The minimum Gasteiger partial charge on any atom is -0.239 e. The average Bonchev–Trinajstić information content (AvgIpc) is 3.21. The number of allylic oxidation sites excluding steroid dienone is 1. The highest BCUT2D eigenvalue weighted by Gasteiger charge is 2.48. The van der Waals surface area contributed by atoms with Gasteiger partial charge in [-0.15, -0.1) is 0 Å². The van der Waals surface area contributed by atoms with Gasteiger partial charge >= 0.3 is 0 Å². The molecule has 0 amide bonds. The van der Waals surface area contributed by atoms with E-state index in [1.54, 1.807) is 0 Å². The van der Waals surface area contributed by atoms with Crippen LogP contribution in [-0.4, -0.2) is 5.71 Å². The lowest BCUT2D eigenvalue weighted by atomic mass is 9.94. The van der Waals surface area contributed by atoms with Gasteiger partial charge in [0.05, 0.1) is 25.1 Å². The first-order valence-corrected chi connectivity index (χ1v) is 20.4. The Kier molecular flexibility index (Phi) is 8.98. The van der Waals surface area contributed by atoms with Crippen molar-refractivity contribution in [1.82, 2.24) is 0 Å². The fraction of sp³-hybridized carbons (Fsp3) is 0. The molecule has 4 heteroatoms. The summed E-state index contributed by atoms with van der Waals surface area (Å²) in [5.74, 6) is 0. The molecule has 8 rings (SSSR count). The van der Waals surface area contributed by atoms with Crippen molar-refractivity contribution in [3.05, 3.63) is 224 Å². The second-order valence-electron chi connectivity index (χ2n) is 12.1. The van der Waals surface area contributed by atoms with Crippen LogP contribution in [-0.2, 0) is 0 Å². The Morgan fingerprint density at radius 3 is 1.24 bits per heavy atom. The van der Waals surface area contributed by atoms with Gasteiger partial charge in [0.2, 0.25) is 13.1 Å². The summed E-state index contributed by atoms with van der Waals surface area (Å²) in [6.07, 6.45) is 6.50. The predicted molar refractivity (Wildman–Crippen MR) is 219 cm³/mol. The Labute approximate surface area is 296 Å². The number of hydrogen-bond donors (Lipinski definition) is 0. The molecule has 0 fully saturated rings. The topological polar surface area (TPSA) is 24.7 Å². The molecule has 1 aliphatic rings. The van der Waals surface area contributed by atoms with Gasteiger partial charge in [-0.25, -0.2) is 4.74 Å². The zero-order chi connectivity index (χ0) is 33.6. The van der Waals surface area contributed by atoms with Crippen molar-refractivity contribution in [2.24, 2.45) is 9.51 Å². The molecule has 2 nitrogen and oxygen atoms in total. The van der Waals surface area contributed by atoms with Gasteiger partial charge in [-0.05, 0) is 48.5 Å². The van der Waals surface area contributed by atoms with Gasteiger partial charge < -0.3 is 0 Å². The van der Waals surface area contributed by atoms with E-state index in [4.69, 9.17) is 9.51 Å². The third-order valence-electron chi connectivity index (χ3n) is 9.16. The second kappa shape index (κ2) is 14.1. The molecule has 0 unspecified atom stereocenters. The Bertz CT molecular complexity index is 2120. The summed E-state index contributed by atoms with van der Waals surface area (Å²) < 4.78 is 12.0. The molecule has 7 aromatic carbocycles. The zero-order valence-corrected chi connectivity index (χ0v) is 29.4. The standard InChI is InChI=1S/C46H36N2P2/c1-7-23-38(24-8-1)49(39-25-9-2-10-26-39,40-27-11-3-12-28-40)47-44-35-19-21-37-22-20-36-45(46(37)44)48-50(41-29-13-4-14-30-41,42-31-15-5-16-32-42)43-33-17-6-18-34-43/h1-36H/q+2. The van der Waals surface area contributed by atoms with Gasteiger partial charge in [0.15, 0.2) is 0 Å². The van der Waals surface area contributed by atoms with Crippen LogP contribution in [0.15, 0.2) is 216 Å². The highest BCUT2D eigenvalue weighted by atomic mass is 31.2. The van der Waals surface area contributed by atoms with Crippen molar-refractivity contribution in [3.8, 4) is 0 Å². The van der Waals surface area contributed by atoms with E-state index in [2.05, 4.69) is 219 Å². The van der Waals surface area contributed by atoms with E-state index >= 15 is 0 Å². The molecule has 0 radical (unpaired) electrons. The highest BCUT2D eigenvalue weighted by Crippen LogP contribution is 2.58. The maximum Gasteiger partial charge on any atom is 0.233 e. The summed E-state index contributed by atoms with van der Waals surface area (Å²) in [5, 5.41) is 7.27. The van der Waals surface area contributed by atoms with Gasteiger partial charge in [-0.3, -0.25) is 0 Å². The van der Waals surface area contributed by atoms with Crippen LogP contribution in [0.3, 0.4) is 0 Å². The van der Waals surface area contributed by atoms with E-state index in [0.29, 0.717) is 0 Å². The van der Waals surface area contributed by atoms with E-state index in [1.807, 2.05) is 0 Å². The molecule has 50 heavy (non-hydrogen) atoms. The quantitative estimate of drug-likeness (QED) is 0.113. The van der Waals surface area contributed by atoms with Crippen LogP contribution in [0.2, 0.25) is 0 Å². The van der Waals surface area contributed by atoms with Crippen molar-refractivity contribution in [2.75, 3.05) is 0 Å². The maximum absolute atomic E-state index is 6.00. The fourth-order valence-electron chi connectivity index (χ4n) is 6.89. The average molecular weight is 679 g/mol. The third kappa shape index (κ3) is 5.78. The normalized spacial score (nSPS) is 13.3. The molecule has 0 saturated carbocycles. The van der Waals surface area contributed by atoms with Crippen molar-refractivity contribution >= 4 is 63.8 Å². The fourth-order valence-corrected chi connectivity index (χ4v) is 14.0. The molecular formula is C46H36N2P2+2. The van der Waals surface area contributed by atoms with Crippen molar-refractivity contribution in [2.45, 2.75) is 0 Å². The number of hydrogen-bond acceptors (Lipinski definition) is 2. The maximum atomic E-state index is 6.00. The van der Waals surface area contributed by atoms with E-state index in [9.17, 15) is 0 Å². The predicted octanol–water partition coefficient (Wildman–Crippen LogP) is 9.43. The molecule has 7 aromatic rings. The summed E-state index contributed by atoms with van der Waals surface area (Å²) in [7, 11) is -5.06. The summed E-state index contributed by atoms with van der Waals surface area (Å²) in [6, 6.07) is 71.5. The van der Waals surface area contributed by atoms with E-state index in [-0.39, 0.29) is 0 Å². The SMILES string of the molecule is C1=Cc2cccc(N=P(c3ccccc3)(c3ccccc3)c3ccccc3)c2C(=N[P+](c2ccccc2)(c2ccccc2)c2ccccc2)[CH+]1. The van der Waals surface area contributed by atoms with Gasteiger partial charge in [0, 0.05) is 22.0 Å². The smallest absolute Gasteiger partial charge is 0.233 e. The molecule has 0 heterocycles. The summed E-state index contributed by atoms with van der Waals surface area (Å²) in [5.41, 5.74) is 4.07. The third-order valence-corrected chi connectivity index (χ3v) is 16.5. The summed E-state index contributed by atoms with van der Waals surface area (Å²) in [4.78, 5) is 0. The molecule has 1 aliphatic carbocycles. The van der Waals surface area contributed by atoms with Crippen molar-refractivity contribution in [3.63, 3.8) is 0 Å². The van der Waals surface area contributed by atoms with Crippen LogP contribution in [0.5, 0.6) is 0 Å². The van der Waals surface area contributed by atoms with Gasteiger partial charge in [0.1, 0.15) is 27.2 Å².